The average Bonchev–Trinajstić information content (AvgIpc) is 3.39. The third-order valence-electron chi connectivity index (χ3n) is 7.40. The van der Waals surface area contributed by atoms with Gasteiger partial charge in [0, 0.05) is 24.4 Å². The molecular formula is C30H39N3O4S. The maximum absolute atomic E-state index is 12.7. The first-order chi connectivity index (χ1) is 18.5. The standard InChI is InChI=1S/C30H39N3O4S/c1-2-31-27(35)26-23-17-12-13-18-24(23)38-28(26)32-25(34)19-9-7-5-3-4-6-8-14-20-33-29(36)21-15-10-11-16-22(21)30(33)37/h10-11,15-16H,2-9,12-14,17-20H2,1H3,(H,31,35)(H,32,34). The number of aryl methyl sites for hydroxylation is 1. The number of rotatable bonds is 14. The van der Waals surface area contributed by atoms with Crippen molar-refractivity contribution in [2.75, 3.05) is 18.4 Å². The van der Waals surface area contributed by atoms with Crippen molar-refractivity contribution in [1.29, 1.82) is 0 Å². The molecule has 2 heterocycles. The van der Waals surface area contributed by atoms with Crippen LogP contribution in [0.5, 0.6) is 0 Å². The topological polar surface area (TPSA) is 95.6 Å². The average molecular weight is 538 g/mol. The van der Waals surface area contributed by atoms with Crippen LogP contribution in [-0.2, 0) is 17.6 Å². The van der Waals surface area contributed by atoms with Crippen molar-refractivity contribution in [2.24, 2.45) is 0 Å². The molecule has 0 atom stereocenters. The van der Waals surface area contributed by atoms with Crippen LogP contribution in [0.25, 0.3) is 0 Å². The van der Waals surface area contributed by atoms with Crippen molar-refractivity contribution in [3.63, 3.8) is 0 Å². The van der Waals surface area contributed by atoms with Crippen molar-refractivity contribution in [3.05, 3.63) is 51.4 Å². The molecule has 4 amide bonds. The Hall–Kier alpha value is -3.00. The molecule has 204 valence electrons. The number of imide groups is 1. The fourth-order valence-electron chi connectivity index (χ4n) is 5.39. The molecule has 1 aromatic carbocycles. The third-order valence-corrected chi connectivity index (χ3v) is 8.61. The van der Waals surface area contributed by atoms with Gasteiger partial charge in [0.1, 0.15) is 5.00 Å². The summed E-state index contributed by atoms with van der Waals surface area (Å²) < 4.78 is 0. The van der Waals surface area contributed by atoms with Gasteiger partial charge in [0.05, 0.1) is 16.7 Å². The molecule has 0 bridgehead atoms. The van der Waals surface area contributed by atoms with E-state index in [0.29, 0.717) is 41.2 Å². The van der Waals surface area contributed by atoms with Crippen LogP contribution in [0.1, 0.15) is 119 Å². The summed E-state index contributed by atoms with van der Waals surface area (Å²) in [5.74, 6) is -0.434. The number of carbonyl (C=O) groups is 4. The highest BCUT2D eigenvalue weighted by molar-refractivity contribution is 7.17. The first-order valence-electron chi connectivity index (χ1n) is 14.2. The zero-order chi connectivity index (χ0) is 26.9. The lowest BCUT2D eigenvalue weighted by Gasteiger charge is -2.13. The van der Waals surface area contributed by atoms with Crippen LogP contribution in [0, 0.1) is 0 Å². The summed E-state index contributed by atoms with van der Waals surface area (Å²) in [7, 11) is 0. The van der Waals surface area contributed by atoms with Crippen LogP contribution in [0.2, 0.25) is 0 Å². The number of hydrogen-bond acceptors (Lipinski definition) is 5. The van der Waals surface area contributed by atoms with Crippen LogP contribution >= 0.6 is 11.3 Å². The predicted octanol–water partition coefficient (Wildman–Crippen LogP) is 6.12. The smallest absolute Gasteiger partial charge is 0.261 e. The van der Waals surface area contributed by atoms with E-state index in [0.717, 1.165) is 82.6 Å². The first-order valence-corrected chi connectivity index (χ1v) is 15.0. The lowest BCUT2D eigenvalue weighted by atomic mass is 9.95. The van der Waals surface area contributed by atoms with Gasteiger partial charge >= 0.3 is 0 Å². The lowest BCUT2D eigenvalue weighted by molar-refractivity contribution is -0.116. The highest BCUT2D eigenvalue weighted by Crippen LogP contribution is 2.38. The van der Waals surface area contributed by atoms with Crippen molar-refractivity contribution in [1.82, 2.24) is 10.2 Å². The largest absolute Gasteiger partial charge is 0.352 e. The van der Waals surface area contributed by atoms with Crippen LogP contribution in [0.3, 0.4) is 0 Å². The van der Waals surface area contributed by atoms with E-state index in [9.17, 15) is 19.2 Å². The van der Waals surface area contributed by atoms with Gasteiger partial charge in [-0.2, -0.15) is 0 Å². The molecule has 2 aromatic rings. The van der Waals surface area contributed by atoms with Crippen molar-refractivity contribution < 1.29 is 19.2 Å². The summed E-state index contributed by atoms with van der Waals surface area (Å²) in [5.41, 5.74) is 2.85. The van der Waals surface area contributed by atoms with Gasteiger partial charge in [-0.3, -0.25) is 24.1 Å². The SMILES string of the molecule is CCNC(=O)c1c(NC(=O)CCCCCCCCCCN2C(=O)c3ccccc3C2=O)sc2c1CCCC2. The van der Waals surface area contributed by atoms with E-state index in [1.54, 1.807) is 35.6 Å². The Labute approximate surface area is 229 Å². The summed E-state index contributed by atoms with van der Waals surface area (Å²) in [6, 6.07) is 7.02. The molecule has 0 saturated carbocycles. The number of amides is 4. The number of carbonyl (C=O) groups excluding carboxylic acids is 4. The Morgan fingerprint density at radius 1 is 0.868 bits per heavy atom. The molecular weight excluding hydrogens is 498 g/mol. The summed E-state index contributed by atoms with van der Waals surface area (Å²) in [6.45, 7) is 2.97. The molecule has 2 N–H and O–H groups in total. The van der Waals surface area contributed by atoms with Gasteiger partial charge in [0.15, 0.2) is 0 Å². The minimum atomic E-state index is -0.172. The zero-order valence-electron chi connectivity index (χ0n) is 22.4. The summed E-state index contributed by atoms with van der Waals surface area (Å²) >= 11 is 1.57. The van der Waals surface area contributed by atoms with Crippen LogP contribution in [0.15, 0.2) is 24.3 Å². The van der Waals surface area contributed by atoms with Crippen molar-refractivity contribution in [3.8, 4) is 0 Å². The van der Waals surface area contributed by atoms with Crippen molar-refractivity contribution in [2.45, 2.75) is 90.4 Å². The highest BCUT2D eigenvalue weighted by Gasteiger charge is 2.34. The van der Waals surface area contributed by atoms with Gasteiger partial charge in [0.2, 0.25) is 5.91 Å². The second-order valence-corrected chi connectivity index (χ2v) is 11.3. The number of nitrogens with one attached hydrogen (secondary N) is 2. The van der Waals surface area contributed by atoms with Crippen LogP contribution < -0.4 is 10.6 Å². The minimum absolute atomic E-state index is 0.0118. The summed E-state index contributed by atoms with van der Waals surface area (Å²) in [4.78, 5) is 52.7. The molecule has 1 aliphatic heterocycles. The van der Waals surface area contributed by atoms with E-state index >= 15 is 0 Å². The summed E-state index contributed by atoms with van der Waals surface area (Å²) in [5, 5.41) is 6.65. The van der Waals surface area contributed by atoms with Gasteiger partial charge in [-0.25, -0.2) is 0 Å². The number of fused-ring (bicyclic) bond motifs is 2. The minimum Gasteiger partial charge on any atom is -0.352 e. The molecule has 0 radical (unpaired) electrons. The molecule has 0 fully saturated rings. The van der Waals surface area contributed by atoms with Gasteiger partial charge in [-0.15, -0.1) is 11.3 Å². The highest BCUT2D eigenvalue weighted by atomic mass is 32.1. The molecule has 2 aliphatic rings. The summed E-state index contributed by atoms with van der Waals surface area (Å²) in [6.07, 6.45) is 12.7. The molecule has 1 aliphatic carbocycles. The molecule has 0 spiro atoms. The fourth-order valence-corrected chi connectivity index (χ4v) is 6.69. The number of unbranched alkanes of at least 4 members (excludes halogenated alkanes) is 7. The molecule has 8 heteroatoms. The molecule has 7 nitrogen and oxygen atoms in total. The van der Waals surface area contributed by atoms with E-state index in [1.807, 2.05) is 6.92 Å². The van der Waals surface area contributed by atoms with E-state index in [4.69, 9.17) is 0 Å². The fraction of sp³-hybridized carbons (Fsp3) is 0.533. The van der Waals surface area contributed by atoms with Crippen LogP contribution in [-0.4, -0.2) is 41.6 Å². The maximum atomic E-state index is 12.7. The van der Waals surface area contributed by atoms with Crippen molar-refractivity contribution >= 4 is 40.0 Å². The number of hydrogen-bond donors (Lipinski definition) is 2. The second kappa shape index (κ2) is 13.7. The molecule has 0 unspecified atom stereocenters. The number of thiophene rings is 1. The Bertz CT molecular complexity index is 1140. The zero-order valence-corrected chi connectivity index (χ0v) is 23.2. The molecule has 4 rings (SSSR count). The van der Waals surface area contributed by atoms with Gasteiger partial charge in [0.25, 0.3) is 17.7 Å². The van der Waals surface area contributed by atoms with E-state index in [2.05, 4.69) is 10.6 Å². The Balaban J connectivity index is 1.08. The Morgan fingerprint density at radius 2 is 1.47 bits per heavy atom. The first kappa shape index (κ1) is 28.0. The van der Waals surface area contributed by atoms with E-state index in [1.165, 1.54) is 9.78 Å². The number of anilines is 1. The molecule has 1 aromatic heterocycles. The van der Waals surface area contributed by atoms with Gasteiger partial charge in [-0.1, -0.05) is 50.7 Å². The Morgan fingerprint density at radius 3 is 2.13 bits per heavy atom. The second-order valence-electron chi connectivity index (χ2n) is 10.2. The quantitative estimate of drug-likeness (QED) is 0.224. The maximum Gasteiger partial charge on any atom is 0.261 e. The predicted molar refractivity (Wildman–Crippen MR) is 151 cm³/mol. The van der Waals surface area contributed by atoms with E-state index in [-0.39, 0.29) is 23.6 Å². The Kier molecular flexibility index (Phi) is 10.1. The van der Waals surface area contributed by atoms with Gasteiger partial charge in [-0.05, 0) is 63.1 Å². The van der Waals surface area contributed by atoms with E-state index < -0.39 is 0 Å². The third kappa shape index (κ3) is 6.70. The normalized spacial score (nSPS) is 14.4. The van der Waals surface area contributed by atoms with Crippen LogP contribution in [0.4, 0.5) is 5.00 Å². The number of benzene rings is 1. The monoisotopic (exact) mass is 537 g/mol. The molecule has 38 heavy (non-hydrogen) atoms. The molecule has 0 saturated heterocycles. The number of nitrogens with zero attached hydrogens (tertiary/aromatic N) is 1. The van der Waals surface area contributed by atoms with Gasteiger partial charge < -0.3 is 10.6 Å². The lowest BCUT2D eigenvalue weighted by Crippen LogP contribution is -2.30.